The lowest BCUT2D eigenvalue weighted by Crippen LogP contribution is -2.34. The highest BCUT2D eigenvalue weighted by atomic mass is 28.3. The first-order chi connectivity index (χ1) is 7.97. The first kappa shape index (κ1) is 17.1. The van der Waals surface area contributed by atoms with Crippen LogP contribution >= 0.6 is 0 Å². The van der Waals surface area contributed by atoms with Crippen molar-refractivity contribution in [2.45, 2.75) is 71.8 Å². The van der Waals surface area contributed by atoms with Gasteiger partial charge in [-0.1, -0.05) is 59.8 Å². The van der Waals surface area contributed by atoms with E-state index in [2.05, 4.69) is 27.7 Å². The molecule has 0 aromatic rings. The summed E-state index contributed by atoms with van der Waals surface area (Å²) in [6.45, 7) is 9.18. The minimum atomic E-state index is -1.49. The minimum absolute atomic E-state index is 0.299. The van der Waals surface area contributed by atoms with Crippen LogP contribution in [0.4, 0.5) is 0 Å². The monoisotopic (exact) mass is 260 g/mol. The highest BCUT2D eigenvalue weighted by Gasteiger charge is 2.34. The maximum Gasteiger partial charge on any atom is 0.324 e. The molecule has 1 atom stereocenters. The largest absolute Gasteiger partial charge is 0.400 e. The lowest BCUT2D eigenvalue weighted by molar-refractivity contribution is 0.220. The highest BCUT2D eigenvalue weighted by Crippen LogP contribution is 2.38. The molecule has 0 aliphatic rings. The minimum Gasteiger partial charge on any atom is -0.400 e. The van der Waals surface area contributed by atoms with Crippen molar-refractivity contribution in [3.63, 3.8) is 0 Å². The average Bonchev–Trinajstić information content (AvgIpc) is 2.26. The van der Waals surface area contributed by atoms with Crippen molar-refractivity contribution in [2.24, 2.45) is 5.41 Å². The van der Waals surface area contributed by atoms with Gasteiger partial charge in [-0.2, -0.15) is 0 Å². The number of rotatable bonds is 9. The van der Waals surface area contributed by atoms with Crippen molar-refractivity contribution in [3.05, 3.63) is 0 Å². The molecular weight excluding hydrogens is 228 g/mol. The number of unbranched alkanes of at least 4 members (excludes halogenated alkanes) is 4. The molecule has 2 nitrogen and oxygen atoms in total. The molecule has 1 unspecified atom stereocenters. The third-order valence-corrected chi connectivity index (χ3v) is 6.44. The zero-order valence-corrected chi connectivity index (χ0v) is 13.9. The van der Waals surface area contributed by atoms with E-state index in [0.717, 1.165) is 0 Å². The molecule has 0 rings (SSSR count). The topological polar surface area (TPSA) is 18.5 Å². The molecular formula is C14H32O2Si. The molecule has 0 aliphatic carbocycles. The molecule has 3 heteroatoms. The van der Waals surface area contributed by atoms with Crippen LogP contribution in [0.25, 0.3) is 0 Å². The van der Waals surface area contributed by atoms with E-state index in [0.29, 0.717) is 11.0 Å². The molecule has 0 spiro atoms. The second-order valence-corrected chi connectivity index (χ2v) is 8.50. The van der Waals surface area contributed by atoms with E-state index in [4.69, 9.17) is 8.85 Å². The summed E-state index contributed by atoms with van der Waals surface area (Å²) < 4.78 is 11.2. The smallest absolute Gasteiger partial charge is 0.324 e. The maximum atomic E-state index is 5.58. The summed E-state index contributed by atoms with van der Waals surface area (Å²) in [4.78, 5) is 0. The van der Waals surface area contributed by atoms with Crippen LogP contribution in [0, 0.1) is 5.41 Å². The molecule has 0 N–H and O–H groups in total. The molecule has 0 amide bonds. The van der Waals surface area contributed by atoms with Crippen molar-refractivity contribution in [3.8, 4) is 0 Å². The van der Waals surface area contributed by atoms with E-state index in [1.54, 1.807) is 14.2 Å². The fourth-order valence-electron chi connectivity index (χ4n) is 2.37. The van der Waals surface area contributed by atoms with Crippen LogP contribution in [-0.4, -0.2) is 23.5 Å². The Morgan fingerprint density at radius 1 is 0.941 bits per heavy atom. The Morgan fingerprint density at radius 2 is 1.47 bits per heavy atom. The van der Waals surface area contributed by atoms with Crippen molar-refractivity contribution in [2.75, 3.05) is 14.2 Å². The quantitative estimate of drug-likeness (QED) is 0.455. The molecule has 0 saturated heterocycles. The Balaban J connectivity index is 4.12. The second kappa shape index (κ2) is 9.12. The lowest BCUT2D eigenvalue weighted by Gasteiger charge is -2.34. The van der Waals surface area contributed by atoms with Gasteiger partial charge in [-0.05, 0) is 11.8 Å². The standard InChI is InChI=1S/C14H32O2Si/c1-7-8-9-10-11-12-13(14(2,3)4)17(15-5)16-6/h13,17H,7-12H2,1-6H3. The fourth-order valence-corrected chi connectivity index (χ4v) is 4.54. The Bertz CT molecular complexity index is 174. The second-order valence-electron chi connectivity index (χ2n) is 6.02. The normalized spacial score (nSPS) is 14.3. The summed E-state index contributed by atoms with van der Waals surface area (Å²) in [5, 5.41) is 0. The van der Waals surface area contributed by atoms with Gasteiger partial charge in [-0.25, -0.2) is 0 Å². The van der Waals surface area contributed by atoms with Gasteiger partial charge >= 0.3 is 9.28 Å². The van der Waals surface area contributed by atoms with E-state index in [1.807, 2.05) is 0 Å². The van der Waals surface area contributed by atoms with Gasteiger partial charge in [0.25, 0.3) is 0 Å². The van der Waals surface area contributed by atoms with E-state index in [9.17, 15) is 0 Å². The summed E-state index contributed by atoms with van der Waals surface area (Å²) in [6, 6.07) is 0. The van der Waals surface area contributed by atoms with E-state index in [-0.39, 0.29) is 0 Å². The van der Waals surface area contributed by atoms with Gasteiger partial charge in [-0.3, -0.25) is 0 Å². The summed E-state index contributed by atoms with van der Waals surface area (Å²) in [5.74, 6) is 0. The third kappa shape index (κ3) is 7.22. The zero-order chi connectivity index (χ0) is 13.3. The van der Waals surface area contributed by atoms with Crippen LogP contribution in [-0.2, 0) is 8.85 Å². The van der Waals surface area contributed by atoms with Gasteiger partial charge in [-0.15, -0.1) is 0 Å². The van der Waals surface area contributed by atoms with Crippen molar-refractivity contribution in [1.82, 2.24) is 0 Å². The van der Waals surface area contributed by atoms with Gasteiger partial charge < -0.3 is 8.85 Å². The van der Waals surface area contributed by atoms with E-state index in [1.165, 1.54) is 38.5 Å². The van der Waals surface area contributed by atoms with Crippen molar-refractivity contribution in [1.29, 1.82) is 0 Å². The molecule has 0 fully saturated rings. The van der Waals surface area contributed by atoms with Crippen LogP contribution in [0.2, 0.25) is 5.54 Å². The highest BCUT2D eigenvalue weighted by molar-refractivity contribution is 6.46. The number of hydrogen-bond donors (Lipinski definition) is 0. The summed E-state index contributed by atoms with van der Waals surface area (Å²) in [7, 11) is 2.11. The Morgan fingerprint density at radius 3 is 1.88 bits per heavy atom. The Labute approximate surface area is 110 Å². The first-order valence-corrected chi connectivity index (χ1v) is 8.63. The van der Waals surface area contributed by atoms with Gasteiger partial charge in [0.15, 0.2) is 0 Å². The average molecular weight is 260 g/mol. The van der Waals surface area contributed by atoms with Crippen LogP contribution in [0.1, 0.15) is 66.2 Å². The summed E-state index contributed by atoms with van der Waals surface area (Å²) in [5.41, 5.74) is 0.910. The molecule has 0 radical (unpaired) electrons. The zero-order valence-electron chi connectivity index (χ0n) is 12.7. The number of hydrogen-bond acceptors (Lipinski definition) is 2. The van der Waals surface area contributed by atoms with Crippen LogP contribution < -0.4 is 0 Å². The van der Waals surface area contributed by atoms with Crippen molar-refractivity contribution < 1.29 is 8.85 Å². The van der Waals surface area contributed by atoms with E-state index >= 15 is 0 Å². The van der Waals surface area contributed by atoms with Crippen LogP contribution in [0.5, 0.6) is 0 Å². The summed E-state index contributed by atoms with van der Waals surface area (Å²) in [6.07, 6.45) is 7.99. The third-order valence-electron chi connectivity index (χ3n) is 3.52. The van der Waals surface area contributed by atoms with Crippen LogP contribution in [0.15, 0.2) is 0 Å². The van der Waals surface area contributed by atoms with Gasteiger partial charge in [0.05, 0.1) is 0 Å². The Kier molecular flexibility index (Phi) is 9.19. The van der Waals surface area contributed by atoms with Crippen LogP contribution in [0.3, 0.4) is 0 Å². The molecule has 0 saturated carbocycles. The van der Waals surface area contributed by atoms with Gasteiger partial charge in [0, 0.05) is 19.8 Å². The Hall–Kier alpha value is 0.137. The molecule has 17 heavy (non-hydrogen) atoms. The maximum absolute atomic E-state index is 5.58. The molecule has 104 valence electrons. The lowest BCUT2D eigenvalue weighted by atomic mass is 9.88. The molecule has 0 heterocycles. The predicted octanol–water partition coefficient (Wildman–Crippen LogP) is 4.28. The molecule has 0 aliphatic heterocycles. The van der Waals surface area contributed by atoms with Gasteiger partial charge in [0.2, 0.25) is 0 Å². The molecule has 0 bridgehead atoms. The molecule has 0 aromatic carbocycles. The van der Waals surface area contributed by atoms with Gasteiger partial charge in [0.1, 0.15) is 0 Å². The van der Waals surface area contributed by atoms with E-state index < -0.39 is 9.28 Å². The summed E-state index contributed by atoms with van der Waals surface area (Å²) >= 11 is 0. The molecule has 0 aromatic heterocycles. The SMILES string of the molecule is CCCCCCCC([SiH](OC)OC)C(C)(C)C. The first-order valence-electron chi connectivity index (χ1n) is 7.03. The fraction of sp³-hybridized carbons (Fsp3) is 1.00. The van der Waals surface area contributed by atoms with Crippen molar-refractivity contribution >= 4 is 9.28 Å². The predicted molar refractivity (Wildman–Crippen MR) is 77.7 cm³/mol.